The Kier molecular flexibility index (Phi) is 2.72. The molecule has 0 aliphatic carbocycles. The van der Waals surface area contributed by atoms with Crippen molar-refractivity contribution < 1.29 is 14.7 Å². The fourth-order valence-electron chi connectivity index (χ4n) is 0.541. The molecule has 0 aliphatic heterocycles. The van der Waals surface area contributed by atoms with Crippen molar-refractivity contribution in [3.05, 3.63) is 0 Å². The number of carbonyl (C=O) groups is 2. The molecule has 10 heavy (non-hydrogen) atoms. The molecule has 0 aromatic carbocycles. The van der Waals surface area contributed by atoms with Gasteiger partial charge in [-0.1, -0.05) is 6.92 Å². The molecule has 0 radical (unpaired) electrons. The Morgan fingerprint density at radius 1 is 1.50 bits per heavy atom. The van der Waals surface area contributed by atoms with Crippen LogP contribution in [0.2, 0.25) is 0 Å². The predicted molar refractivity (Wildman–Crippen MR) is 36.6 cm³/mol. The van der Waals surface area contributed by atoms with Crippen LogP contribution in [0.3, 0.4) is 0 Å². The molecule has 0 rings (SSSR count). The summed E-state index contributed by atoms with van der Waals surface area (Å²) in [4.78, 5) is 21.4. The monoisotopic (exact) mass is 144 g/mol. The summed E-state index contributed by atoms with van der Waals surface area (Å²) >= 11 is 0. The maximum absolute atomic E-state index is 10.8. The Hall–Kier alpha value is -0.700. The first-order valence-electron chi connectivity index (χ1n) is 3.19. The van der Waals surface area contributed by atoms with Gasteiger partial charge in [0.25, 0.3) is 0 Å². The minimum Gasteiger partial charge on any atom is -0.375 e. The average Bonchev–Trinajstić information content (AvgIpc) is 1.86. The van der Waals surface area contributed by atoms with E-state index in [0.29, 0.717) is 0 Å². The fraction of sp³-hybridized carbons (Fsp3) is 0.714. The molecule has 0 saturated heterocycles. The molecule has 58 valence electrons. The van der Waals surface area contributed by atoms with Crippen LogP contribution in [0.4, 0.5) is 0 Å². The Morgan fingerprint density at radius 3 is 2.00 bits per heavy atom. The molecular formula is C7H12O3. The van der Waals surface area contributed by atoms with Crippen molar-refractivity contribution in [2.45, 2.75) is 32.8 Å². The van der Waals surface area contributed by atoms with Crippen molar-refractivity contribution in [1.29, 1.82) is 0 Å². The normalized spacial score (nSPS) is 16.0. The Labute approximate surface area is 60.0 Å². The van der Waals surface area contributed by atoms with Gasteiger partial charge in [-0.05, 0) is 13.8 Å². The van der Waals surface area contributed by atoms with Crippen molar-refractivity contribution >= 4 is 11.6 Å². The van der Waals surface area contributed by atoms with Crippen molar-refractivity contribution in [3.8, 4) is 0 Å². The smallest absolute Gasteiger partial charge is 0.177 e. The standard InChI is InChI=1S/C7H12O3/c1-4-6(9)7(3,10)5(2)8/h10H,4H2,1-3H3/t7-/m1/s1. The number of aliphatic hydroxyl groups is 1. The molecule has 3 nitrogen and oxygen atoms in total. The molecule has 0 spiro atoms. The molecule has 0 unspecified atom stereocenters. The third-order valence-electron chi connectivity index (χ3n) is 1.55. The van der Waals surface area contributed by atoms with Crippen molar-refractivity contribution in [1.82, 2.24) is 0 Å². The van der Waals surface area contributed by atoms with Crippen LogP contribution >= 0.6 is 0 Å². The zero-order valence-electron chi connectivity index (χ0n) is 6.47. The van der Waals surface area contributed by atoms with Gasteiger partial charge >= 0.3 is 0 Å². The lowest BCUT2D eigenvalue weighted by atomic mass is 9.95. The van der Waals surface area contributed by atoms with Crippen LogP contribution in [-0.4, -0.2) is 22.3 Å². The molecule has 1 N–H and O–H groups in total. The lowest BCUT2D eigenvalue weighted by molar-refractivity contribution is -0.147. The van der Waals surface area contributed by atoms with Gasteiger partial charge in [-0.15, -0.1) is 0 Å². The van der Waals surface area contributed by atoms with Crippen molar-refractivity contribution in [2.24, 2.45) is 0 Å². The Balaban J connectivity index is 4.40. The van der Waals surface area contributed by atoms with Crippen molar-refractivity contribution in [2.75, 3.05) is 0 Å². The second-order valence-corrected chi connectivity index (χ2v) is 2.41. The van der Waals surface area contributed by atoms with Crippen LogP contribution in [0.25, 0.3) is 0 Å². The zero-order chi connectivity index (χ0) is 8.36. The summed E-state index contributed by atoms with van der Waals surface area (Å²) < 4.78 is 0. The van der Waals surface area contributed by atoms with Crippen LogP contribution in [0.1, 0.15) is 27.2 Å². The number of carbonyl (C=O) groups excluding carboxylic acids is 2. The molecule has 1 atom stereocenters. The zero-order valence-corrected chi connectivity index (χ0v) is 6.47. The lowest BCUT2D eigenvalue weighted by Crippen LogP contribution is -2.41. The third kappa shape index (κ3) is 1.64. The average molecular weight is 144 g/mol. The molecule has 0 fully saturated rings. The van der Waals surface area contributed by atoms with E-state index >= 15 is 0 Å². The molecular weight excluding hydrogens is 132 g/mol. The third-order valence-corrected chi connectivity index (χ3v) is 1.55. The molecule has 0 aromatic heterocycles. The highest BCUT2D eigenvalue weighted by Gasteiger charge is 2.33. The van der Waals surface area contributed by atoms with Gasteiger partial charge < -0.3 is 5.11 Å². The van der Waals surface area contributed by atoms with Gasteiger partial charge in [0, 0.05) is 6.42 Å². The summed E-state index contributed by atoms with van der Waals surface area (Å²) in [5.41, 5.74) is -1.77. The number of ketones is 2. The minimum atomic E-state index is -1.77. The first kappa shape index (κ1) is 9.30. The van der Waals surface area contributed by atoms with Crippen LogP contribution in [0, 0.1) is 0 Å². The lowest BCUT2D eigenvalue weighted by Gasteiger charge is -2.16. The van der Waals surface area contributed by atoms with Gasteiger partial charge in [-0.2, -0.15) is 0 Å². The maximum Gasteiger partial charge on any atom is 0.177 e. The first-order chi connectivity index (χ1) is 4.42. The van der Waals surface area contributed by atoms with Crippen LogP contribution in [-0.2, 0) is 9.59 Å². The first-order valence-corrected chi connectivity index (χ1v) is 3.19. The van der Waals surface area contributed by atoms with E-state index in [1.165, 1.54) is 13.8 Å². The van der Waals surface area contributed by atoms with E-state index in [1.807, 2.05) is 0 Å². The second kappa shape index (κ2) is 2.92. The summed E-state index contributed by atoms with van der Waals surface area (Å²) in [7, 11) is 0. The van der Waals surface area contributed by atoms with Gasteiger partial charge in [0.1, 0.15) is 0 Å². The van der Waals surface area contributed by atoms with Crippen LogP contribution in [0.15, 0.2) is 0 Å². The molecule has 0 saturated carbocycles. The van der Waals surface area contributed by atoms with E-state index in [2.05, 4.69) is 0 Å². The molecule has 0 aromatic rings. The largest absolute Gasteiger partial charge is 0.375 e. The molecule has 0 aliphatic rings. The van der Waals surface area contributed by atoms with Gasteiger partial charge in [-0.25, -0.2) is 0 Å². The van der Waals surface area contributed by atoms with E-state index in [4.69, 9.17) is 5.11 Å². The summed E-state index contributed by atoms with van der Waals surface area (Å²) in [5.74, 6) is -0.931. The highest BCUT2D eigenvalue weighted by Crippen LogP contribution is 2.07. The van der Waals surface area contributed by atoms with Crippen LogP contribution in [0.5, 0.6) is 0 Å². The number of hydrogen-bond donors (Lipinski definition) is 1. The fourth-order valence-corrected chi connectivity index (χ4v) is 0.541. The quantitative estimate of drug-likeness (QED) is 0.580. The van der Waals surface area contributed by atoms with E-state index < -0.39 is 17.2 Å². The van der Waals surface area contributed by atoms with E-state index in [9.17, 15) is 9.59 Å². The van der Waals surface area contributed by atoms with Gasteiger partial charge in [-0.3, -0.25) is 9.59 Å². The van der Waals surface area contributed by atoms with Gasteiger partial charge in [0.05, 0.1) is 0 Å². The molecule has 0 heterocycles. The summed E-state index contributed by atoms with van der Waals surface area (Å²) in [6, 6.07) is 0. The predicted octanol–water partition coefficient (Wildman–Crippen LogP) is 0.305. The van der Waals surface area contributed by atoms with E-state index in [1.54, 1.807) is 6.92 Å². The number of rotatable bonds is 3. The molecule has 0 amide bonds. The maximum atomic E-state index is 10.8. The van der Waals surface area contributed by atoms with E-state index in [0.717, 1.165) is 0 Å². The second-order valence-electron chi connectivity index (χ2n) is 2.41. The molecule has 0 bridgehead atoms. The van der Waals surface area contributed by atoms with Gasteiger partial charge in [0.2, 0.25) is 0 Å². The summed E-state index contributed by atoms with van der Waals surface area (Å²) in [6.07, 6.45) is 0.187. The minimum absolute atomic E-state index is 0.187. The highest BCUT2D eigenvalue weighted by atomic mass is 16.3. The topological polar surface area (TPSA) is 54.4 Å². The van der Waals surface area contributed by atoms with E-state index in [-0.39, 0.29) is 6.42 Å². The highest BCUT2D eigenvalue weighted by molar-refractivity contribution is 6.08. The SMILES string of the molecule is CCC(=O)[C@](C)(O)C(C)=O. The number of Topliss-reactive ketones (excluding diaryl/α,β-unsaturated/α-hetero) is 2. The van der Waals surface area contributed by atoms with Crippen LogP contribution < -0.4 is 0 Å². The Morgan fingerprint density at radius 2 is 1.90 bits per heavy atom. The molecule has 3 heteroatoms. The summed E-state index contributed by atoms with van der Waals surface area (Å²) in [5, 5.41) is 9.16. The van der Waals surface area contributed by atoms with Gasteiger partial charge in [0.15, 0.2) is 17.2 Å². The Bertz CT molecular complexity index is 158. The number of hydrogen-bond acceptors (Lipinski definition) is 3. The van der Waals surface area contributed by atoms with Crippen molar-refractivity contribution in [3.63, 3.8) is 0 Å². The summed E-state index contributed by atoms with van der Waals surface area (Å²) in [6.45, 7) is 4.04.